The summed E-state index contributed by atoms with van der Waals surface area (Å²) in [4.78, 5) is 12.2. The fraction of sp³-hybridized carbons (Fsp3) is 0.438. The Morgan fingerprint density at radius 1 is 1.35 bits per heavy atom. The summed E-state index contributed by atoms with van der Waals surface area (Å²) in [6.45, 7) is 5.24. The molecular formula is C16H21NO5S. The number of carbonyl (C=O) groups is 1. The first kappa shape index (κ1) is 17.3. The molecule has 1 aliphatic rings. The Hall–Kier alpha value is -2.02. The van der Waals surface area contributed by atoms with Crippen molar-refractivity contribution in [2.75, 3.05) is 11.0 Å². The van der Waals surface area contributed by atoms with Gasteiger partial charge in [-0.25, -0.2) is 13.2 Å². The molecule has 0 aliphatic carbocycles. The second-order valence-electron chi connectivity index (χ2n) is 6.41. The van der Waals surface area contributed by atoms with Gasteiger partial charge >= 0.3 is 5.97 Å². The summed E-state index contributed by atoms with van der Waals surface area (Å²) in [7, 11) is -3.38. The number of anilines is 1. The van der Waals surface area contributed by atoms with E-state index in [1.54, 1.807) is 45.0 Å². The lowest BCUT2D eigenvalue weighted by Gasteiger charge is -2.32. The van der Waals surface area contributed by atoms with Gasteiger partial charge in [0.2, 0.25) is 10.0 Å². The van der Waals surface area contributed by atoms with Crippen molar-refractivity contribution in [1.82, 2.24) is 0 Å². The highest BCUT2D eigenvalue weighted by Crippen LogP contribution is 2.36. The first-order valence-electron chi connectivity index (χ1n) is 7.21. The van der Waals surface area contributed by atoms with E-state index in [0.29, 0.717) is 11.3 Å². The largest absolute Gasteiger partial charge is 0.512 e. The highest BCUT2D eigenvalue weighted by Gasteiger charge is 2.37. The molecule has 0 radical (unpaired) electrons. The maximum atomic E-state index is 12.2. The number of aliphatic hydroxyl groups is 1. The molecule has 6 nitrogen and oxygen atoms in total. The Morgan fingerprint density at radius 3 is 2.57 bits per heavy atom. The summed E-state index contributed by atoms with van der Waals surface area (Å²) in [6.07, 6.45) is 1.32. The van der Waals surface area contributed by atoms with E-state index in [-0.39, 0.29) is 17.8 Å². The van der Waals surface area contributed by atoms with Crippen molar-refractivity contribution in [3.05, 3.63) is 41.2 Å². The lowest BCUT2D eigenvalue weighted by molar-refractivity contribution is -0.155. The van der Waals surface area contributed by atoms with Gasteiger partial charge in [0, 0.05) is 18.0 Å². The fourth-order valence-electron chi connectivity index (χ4n) is 2.64. The van der Waals surface area contributed by atoms with Crippen molar-refractivity contribution in [1.29, 1.82) is 0 Å². The van der Waals surface area contributed by atoms with Gasteiger partial charge in [-0.2, -0.15) is 0 Å². The number of aliphatic hydroxyl groups excluding tert-OH is 1. The van der Waals surface area contributed by atoms with Crippen LogP contribution in [0.25, 0.3) is 0 Å². The molecule has 0 aromatic heterocycles. The van der Waals surface area contributed by atoms with Gasteiger partial charge in [-0.3, -0.25) is 4.72 Å². The third-order valence-electron chi connectivity index (χ3n) is 3.62. The van der Waals surface area contributed by atoms with E-state index in [2.05, 4.69) is 4.72 Å². The number of esters is 1. The molecule has 0 amide bonds. The number of nitrogens with one attached hydrogen (secondary N) is 1. The molecule has 1 unspecified atom stereocenters. The van der Waals surface area contributed by atoms with Gasteiger partial charge in [0.05, 0.1) is 11.8 Å². The van der Waals surface area contributed by atoms with Crippen LogP contribution in [0.5, 0.6) is 0 Å². The predicted octanol–water partition coefficient (Wildman–Crippen LogP) is 2.70. The smallest absolute Gasteiger partial charge is 0.338 e. The quantitative estimate of drug-likeness (QED) is 0.823. The Labute approximate surface area is 136 Å². The Bertz CT molecular complexity index is 764. The van der Waals surface area contributed by atoms with Gasteiger partial charge in [-0.05, 0) is 31.5 Å². The van der Waals surface area contributed by atoms with Crippen LogP contribution in [0.3, 0.4) is 0 Å². The standard InChI is InChI=1S/C16H21NO5S/c1-10(14-13(18)9-16(2,3)22-15(14)19)11-6-5-7-12(8-11)17-23(4,20)21/h5-8,10,17-18H,9H2,1-4H3. The second kappa shape index (κ2) is 5.88. The van der Waals surface area contributed by atoms with Crippen LogP contribution in [0.15, 0.2) is 35.6 Å². The molecule has 7 heteroatoms. The van der Waals surface area contributed by atoms with Crippen molar-refractivity contribution in [3.8, 4) is 0 Å². The molecule has 2 rings (SSSR count). The third-order valence-corrected chi connectivity index (χ3v) is 4.22. The third kappa shape index (κ3) is 4.25. The molecule has 126 valence electrons. The molecule has 1 aliphatic heterocycles. The van der Waals surface area contributed by atoms with E-state index >= 15 is 0 Å². The summed E-state index contributed by atoms with van der Waals surface area (Å²) in [5, 5.41) is 10.2. The number of carbonyl (C=O) groups excluding carboxylic acids is 1. The van der Waals surface area contributed by atoms with Gasteiger partial charge in [-0.15, -0.1) is 0 Å². The highest BCUT2D eigenvalue weighted by atomic mass is 32.2. The van der Waals surface area contributed by atoms with Crippen LogP contribution < -0.4 is 4.72 Å². The van der Waals surface area contributed by atoms with Crippen molar-refractivity contribution in [2.24, 2.45) is 0 Å². The van der Waals surface area contributed by atoms with Crippen LogP contribution in [0.1, 0.15) is 38.7 Å². The first-order chi connectivity index (χ1) is 10.5. The second-order valence-corrected chi connectivity index (χ2v) is 8.16. The SMILES string of the molecule is CC(C1=C(O)CC(C)(C)OC1=O)c1cccc(NS(C)(=O)=O)c1. The van der Waals surface area contributed by atoms with Crippen LogP contribution >= 0.6 is 0 Å². The van der Waals surface area contributed by atoms with Crippen molar-refractivity contribution in [3.63, 3.8) is 0 Å². The lowest BCUT2D eigenvalue weighted by atomic mass is 9.87. The predicted molar refractivity (Wildman–Crippen MR) is 87.8 cm³/mol. The number of rotatable bonds is 4. The van der Waals surface area contributed by atoms with Gasteiger partial charge in [0.25, 0.3) is 0 Å². The van der Waals surface area contributed by atoms with E-state index in [9.17, 15) is 18.3 Å². The molecule has 1 aromatic carbocycles. The molecule has 0 fully saturated rings. The van der Waals surface area contributed by atoms with Crippen LogP contribution in [-0.4, -0.2) is 31.4 Å². The van der Waals surface area contributed by atoms with Gasteiger partial charge in [0.1, 0.15) is 11.4 Å². The molecular weight excluding hydrogens is 318 g/mol. The number of hydrogen-bond donors (Lipinski definition) is 2. The molecule has 1 aromatic rings. The van der Waals surface area contributed by atoms with Crippen LogP contribution in [0.2, 0.25) is 0 Å². The molecule has 23 heavy (non-hydrogen) atoms. The Kier molecular flexibility index (Phi) is 4.43. The fourth-order valence-corrected chi connectivity index (χ4v) is 3.19. The van der Waals surface area contributed by atoms with Crippen molar-refractivity contribution in [2.45, 2.75) is 38.7 Å². The molecule has 0 saturated carbocycles. The zero-order chi connectivity index (χ0) is 17.4. The molecule has 1 heterocycles. The summed E-state index contributed by atoms with van der Waals surface area (Å²) >= 11 is 0. The summed E-state index contributed by atoms with van der Waals surface area (Å²) in [5.74, 6) is -0.951. The van der Waals surface area contributed by atoms with E-state index in [1.807, 2.05) is 0 Å². The summed E-state index contributed by atoms with van der Waals surface area (Å²) in [5.41, 5.74) is 0.587. The van der Waals surface area contributed by atoms with Gasteiger partial charge < -0.3 is 9.84 Å². The topological polar surface area (TPSA) is 92.7 Å². The number of hydrogen-bond acceptors (Lipinski definition) is 5. The maximum Gasteiger partial charge on any atom is 0.338 e. The Balaban J connectivity index is 2.35. The van der Waals surface area contributed by atoms with Crippen LogP contribution in [0.4, 0.5) is 5.69 Å². The normalized spacial score (nSPS) is 19.2. The van der Waals surface area contributed by atoms with E-state index in [4.69, 9.17) is 4.74 Å². The summed E-state index contributed by atoms with van der Waals surface area (Å²) in [6, 6.07) is 6.72. The first-order valence-corrected chi connectivity index (χ1v) is 9.11. The van der Waals surface area contributed by atoms with Crippen LogP contribution in [-0.2, 0) is 19.6 Å². The van der Waals surface area contributed by atoms with E-state index in [0.717, 1.165) is 6.26 Å². The van der Waals surface area contributed by atoms with Gasteiger partial charge in [-0.1, -0.05) is 19.1 Å². The molecule has 0 saturated heterocycles. The number of benzene rings is 1. The minimum Gasteiger partial charge on any atom is -0.512 e. The maximum absolute atomic E-state index is 12.2. The Morgan fingerprint density at radius 2 is 2.00 bits per heavy atom. The van der Waals surface area contributed by atoms with Crippen molar-refractivity contribution < 1.29 is 23.1 Å². The zero-order valence-electron chi connectivity index (χ0n) is 13.6. The van der Waals surface area contributed by atoms with Crippen molar-refractivity contribution >= 4 is 21.7 Å². The minimum absolute atomic E-state index is 0.0141. The molecule has 2 N–H and O–H groups in total. The van der Waals surface area contributed by atoms with E-state index in [1.165, 1.54) is 0 Å². The number of sulfonamides is 1. The molecule has 0 spiro atoms. The minimum atomic E-state index is -3.38. The number of ether oxygens (including phenoxy) is 1. The van der Waals surface area contributed by atoms with Crippen LogP contribution in [0, 0.1) is 0 Å². The van der Waals surface area contributed by atoms with E-state index < -0.39 is 27.5 Å². The average Bonchev–Trinajstić information content (AvgIpc) is 2.34. The highest BCUT2D eigenvalue weighted by molar-refractivity contribution is 7.92. The summed E-state index contributed by atoms with van der Waals surface area (Å²) < 4.78 is 30.4. The lowest BCUT2D eigenvalue weighted by Crippen LogP contribution is -2.35. The molecule has 0 bridgehead atoms. The zero-order valence-corrected chi connectivity index (χ0v) is 14.4. The van der Waals surface area contributed by atoms with Gasteiger partial charge in [0.15, 0.2) is 0 Å². The number of cyclic esters (lactones) is 1. The average molecular weight is 339 g/mol. The monoisotopic (exact) mass is 339 g/mol. The molecule has 1 atom stereocenters.